The molecule has 23 heavy (non-hydrogen) atoms. The lowest BCUT2D eigenvalue weighted by molar-refractivity contribution is 1.14. The summed E-state index contributed by atoms with van der Waals surface area (Å²) in [6.07, 6.45) is 1.68. The highest BCUT2D eigenvalue weighted by atomic mass is 14.6. The lowest BCUT2D eigenvalue weighted by atomic mass is 9.97. The molecule has 116 valence electrons. The van der Waals surface area contributed by atoms with Crippen molar-refractivity contribution in [2.75, 3.05) is 17.2 Å². The summed E-state index contributed by atoms with van der Waals surface area (Å²) in [5.74, 6) is 0. The van der Waals surface area contributed by atoms with Gasteiger partial charge in [0.2, 0.25) is 0 Å². The van der Waals surface area contributed by atoms with E-state index in [1.807, 2.05) is 42.5 Å². The standard InChI is InChI=1S/C20H21N3/c21-18-6-1-14(2-7-18)11-16-5-10-20(23)17(13-16)12-15-3-8-19(22)9-4-15/h1-10,13H,11-12,21-23H2. The summed E-state index contributed by atoms with van der Waals surface area (Å²) < 4.78 is 0. The molecule has 0 atom stereocenters. The van der Waals surface area contributed by atoms with Crippen LogP contribution in [0.5, 0.6) is 0 Å². The van der Waals surface area contributed by atoms with Gasteiger partial charge in [0.05, 0.1) is 0 Å². The van der Waals surface area contributed by atoms with Crippen LogP contribution in [0.15, 0.2) is 66.7 Å². The van der Waals surface area contributed by atoms with E-state index in [2.05, 4.69) is 24.3 Å². The zero-order valence-electron chi connectivity index (χ0n) is 13.0. The molecule has 0 saturated heterocycles. The molecule has 3 aromatic rings. The van der Waals surface area contributed by atoms with E-state index in [1.54, 1.807) is 0 Å². The highest BCUT2D eigenvalue weighted by Gasteiger charge is 2.04. The van der Waals surface area contributed by atoms with E-state index in [1.165, 1.54) is 16.7 Å². The Morgan fingerprint density at radius 3 is 1.57 bits per heavy atom. The topological polar surface area (TPSA) is 78.1 Å². The minimum absolute atomic E-state index is 0.777. The summed E-state index contributed by atoms with van der Waals surface area (Å²) in [5, 5.41) is 0. The lowest BCUT2D eigenvalue weighted by Crippen LogP contribution is -1.99. The van der Waals surface area contributed by atoms with Gasteiger partial charge in [-0.3, -0.25) is 0 Å². The Kier molecular flexibility index (Phi) is 4.20. The second-order valence-corrected chi connectivity index (χ2v) is 5.87. The van der Waals surface area contributed by atoms with Crippen molar-refractivity contribution in [1.29, 1.82) is 0 Å². The molecule has 0 unspecified atom stereocenters. The first-order valence-electron chi connectivity index (χ1n) is 7.66. The Morgan fingerprint density at radius 1 is 0.522 bits per heavy atom. The van der Waals surface area contributed by atoms with Crippen molar-refractivity contribution in [2.24, 2.45) is 0 Å². The monoisotopic (exact) mass is 303 g/mol. The number of nitrogen functional groups attached to an aromatic ring is 3. The van der Waals surface area contributed by atoms with E-state index in [0.29, 0.717) is 0 Å². The highest BCUT2D eigenvalue weighted by Crippen LogP contribution is 2.21. The third-order valence-corrected chi connectivity index (χ3v) is 3.97. The van der Waals surface area contributed by atoms with Gasteiger partial charge in [0.25, 0.3) is 0 Å². The van der Waals surface area contributed by atoms with Crippen LogP contribution in [0.4, 0.5) is 17.1 Å². The molecule has 0 aromatic heterocycles. The SMILES string of the molecule is Nc1ccc(Cc2ccc(N)c(Cc3ccc(N)cc3)c2)cc1. The summed E-state index contributed by atoms with van der Waals surface area (Å²) in [5.41, 5.74) is 24.8. The summed E-state index contributed by atoms with van der Waals surface area (Å²) >= 11 is 0. The smallest absolute Gasteiger partial charge is 0.0350 e. The molecule has 3 aromatic carbocycles. The van der Waals surface area contributed by atoms with Crippen molar-refractivity contribution < 1.29 is 0 Å². The first kappa shape index (κ1) is 15.0. The van der Waals surface area contributed by atoms with Gasteiger partial charge in [-0.15, -0.1) is 0 Å². The molecule has 3 rings (SSSR count). The number of nitrogens with two attached hydrogens (primary N) is 3. The van der Waals surface area contributed by atoms with E-state index >= 15 is 0 Å². The van der Waals surface area contributed by atoms with Crippen molar-refractivity contribution in [1.82, 2.24) is 0 Å². The molecule has 0 aliphatic rings. The molecule has 3 heteroatoms. The predicted octanol–water partition coefficient (Wildman–Crippen LogP) is 3.61. The van der Waals surface area contributed by atoms with E-state index in [-0.39, 0.29) is 0 Å². The fourth-order valence-electron chi connectivity index (χ4n) is 2.65. The van der Waals surface area contributed by atoms with Gasteiger partial charge in [-0.05, 0) is 65.4 Å². The maximum absolute atomic E-state index is 6.14. The Bertz CT molecular complexity index is 790. The molecule has 0 aliphatic heterocycles. The summed E-state index contributed by atoms with van der Waals surface area (Å²) in [6, 6.07) is 22.2. The summed E-state index contributed by atoms with van der Waals surface area (Å²) in [6.45, 7) is 0. The molecule has 0 saturated carbocycles. The molecule has 0 radical (unpaired) electrons. The fourth-order valence-corrected chi connectivity index (χ4v) is 2.65. The summed E-state index contributed by atoms with van der Waals surface area (Å²) in [7, 11) is 0. The second kappa shape index (κ2) is 6.44. The Morgan fingerprint density at radius 2 is 1.00 bits per heavy atom. The minimum Gasteiger partial charge on any atom is -0.399 e. The zero-order chi connectivity index (χ0) is 16.2. The number of benzene rings is 3. The van der Waals surface area contributed by atoms with Crippen LogP contribution in [-0.4, -0.2) is 0 Å². The van der Waals surface area contributed by atoms with Gasteiger partial charge >= 0.3 is 0 Å². The molecule has 0 aliphatic carbocycles. The van der Waals surface area contributed by atoms with Gasteiger partial charge in [0.1, 0.15) is 0 Å². The maximum Gasteiger partial charge on any atom is 0.0350 e. The van der Waals surface area contributed by atoms with E-state index in [9.17, 15) is 0 Å². The van der Waals surface area contributed by atoms with Crippen molar-refractivity contribution in [2.45, 2.75) is 12.8 Å². The largest absolute Gasteiger partial charge is 0.399 e. The quantitative estimate of drug-likeness (QED) is 0.644. The number of hydrogen-bond acceptors (Lipinski definition) is 3. The molecular formula is C20H21N3. The van der Waals surface area contributed by atoms with Gasteiger partial charge in [0.15, 0.2) is 0 Å². The third-order valence-electron chi connectivity index (χ3n) is 3.97. The van der Waals surface area contributed by atoms with Crippen LogP contribution >= 0.6 is 0 Å². The van der Waals surface area contributed by atoms with Crippen LogP contribution in [0.3, 0.4) is 0 Å². The van der Waals surface area contributed by atoms with E-state index in [0.717, 1.165) is 35.5 Å². The van der Waals surface area contributed by atoms with Crippen LogP contribution in [0.1, 0.15) is 22.3 Å². The predicted molar refractivity (Wildman–Crippen MR) is 98.2 cm³/mol. The van der Waals surface area contributed by atoms with Crippen LogP contribution in [0.2, 0.25) is 0 Å². The molecule has 0 bridgehead atoms. The molecule has 0 amide bonds. The fraction of sp³-hybridized carbons (Fsp3) is 0.100. The van der Waals surface area contributed by atoms with Crippen molar-refractivity contribution in [3.63, 3.8) is 0 Å². The second-order valence-electron chi connectivity index (χ2n) is 5.87. The molecule has 6 N–H and O–H groups in total. The van der Waals surface area contributed by atoms with Crippen molar-refractivity contribution in [3.05, 3.63) is 89.0 Å². The van der Waals surface area contributed by atoms with Gasteiger partial charge < -0.3 is 17.2 Å². The van der Waals surface area contributed by atoms with Crippen LogP contribution < -0.4 is 17.2 Å². The number of hydrogen-bond donors (Lipinski definition) is 3. The number of anilines is 3. The lowest BCUT2D eigenvalue weighted by Gasteiger charge is -2.10. The van der Waals surface area contributed by atoms with Crippen LogP contribution in [-0.2, 0) is 12.8 Å². The molecule has 0 spiro atoms. The van der Waals surface area contributed by atoms with Gasteiger partial charge in [-0.2, -0.15) is 0 Å². The van der Waals surface area contributed by atoms with Gasteiger partial charge in [-0.25, -0.2) is 0 Å². The maximum atomic E-state index is 6.14. The van der Waals surface area contributed by atoms with E-state index in [4.69, 9.17) is 17.2 Å². The first-order chi connectivity index (χ1) is 11.1. The van der Waals surface area contributed by atoms with Gasteiger partial charge in [-0.1, -0.05) is 36.4 Å². The Balaban J connectivity index is 1.81. The average Bonchev–Trinajstić information content (AvgIpc) is 2.55. The minimum atomic E-state index is 0.777. The van der Waals surface area contributed by atoms with Crippen LogP contribution in [0, 0.1) is 0 Å². The van der Waals surface area contributed by atoms with Crippen molar-refractivity contribution >= 4 is 17.1 Å². The Hall–Kier alpha value is -2.94. The first-order valence-corrected chi connectivity index (χ1v) is 7.66. The highest BCUT2D eigenvalue weighted by molar-refractivity contribution is 5.52. The van der Waals surface area contributed by atoms with Gasteiger partial charge in [0, 0.05) is 17.1 Å². The Labute approximate surface area is 136 Å². The molecule has 0 heterocycles. The zero-order valence-corrected chi connectivity index (χ0v) is 13.0. The van der Waals surface area contributed by atoms with Crippen molar-refractivity contribution in [3.8, 4) is 0 Å². The number of rotatable bonds is 4. The average molecular weight is 303 g/mol. The van der Waals surface area contributed by atoms with Crippen LogP contribution in [0.25, 0.3) is 0 Å². The normalized spacial score (nSPS) is 10.6. The summed E-state index contributed by atoms with van der Waals surface area (Å²) in [4.78, 5) is 0. The molecule has 3 nitrogen and oxygen atoms in total. The molecular weight excluding hydrogens is 282 g/mol. The molecule has 0 fully saturated rings. The third kappa shape index (κ3) is 3.83. The van der Waals surface area contributed by atoms with E-state index < -0.39 is 0 Å².